The normalized spacial score (nSPS) is 14.8. The highest BCUT2D eigenvalue weighted by molar-refractivity contribution is 7.89. The van der Waals surface area contributed by atoms with E-state index in [0.29, 0.717) is 70.0 Å². The van der Waals surface area contributed by atoms with Crippen LogP contribution < -0.4 is 29.8 Å². The van der Waals surface area contributed by atoms with Crippen molar-refractivity contribution in [2.24, 2.45) is 7.05 Å². The van der Waals surface area contributed by atoms with Crippen LogP contribution in [0.15, 0.2) is 56.9 Å². The van der Waals surface area contributed by atoms with E-state index in [1.807, 2.05) is 26.1 Å². The average Bonchev–Trinajstić information content (AvgIpc) is 3.58. The first kappa shape index (κ1) is 35.3. The fraction of sp³-hybridized carbons (Fsp3) is 0.371. The molecule has 0 saturated carbocycles. The minimum atomic E-state index is -3.83. The number of hydrogen-bond acceptors (Lipinski definition) is 10. The number of aromatic nitrogens is 5. The summed E-state index contributed by atoms with van der Waals surface area (Å²) in [7, 11) is -0.127. The van der Waals surface area contributed by atoms with E-state index in [1.165, 1.54) is 15.6 Å². The molecule has 15 heteroatoms. The van der Waals surface area contributed by atoms with Gasteiger partial charge in [-0.25, -0.2) is 13.4 Å². The van der Waals surface area contributed by atoms with Crippen LogP contribution in [0.25, 0.3) is 35.1 Å². The first-order valence-corrected chi connectivity index (χ1v) is 18.8. The number of likely N-dealkylation sites (N-methyl/N-ethyl adjacent to an activating group) is 1. The lowest BCUT2D eigenvalue weighted by Gasteiger charge is -2.32. The number of ether oxygens (including phenoxy) is 2. The van der Waals surface area contributed by atoms with Crippen molar-refractivity contribution in [1.29, 1.82) is 0 Å². The summed E-state index contributed by atoms with van der Waals surface area (Å²) in [5, 5.41) is 4.61. The number of H-pyrrole nitrogens is 1. The second kappa shape index (κ2) is 14.7. The molecule has 4 heterocycles. The largest absolute Gasteiger partial charge is 0.492 e. The van der Waals surface area contributed by atoms with Crippen LogP contribution in [0.1, 0.15) is 31.5 Å². The zero-order chi connectivity index (χ0) is 35.6. The number of aromatic amines is 1. The lowest BCUT2D eigenvalue weighted by Crippen LogP contribution is -2.47. The Labute approximate surface area is 293 Å². The van der Waals surface area contributed by atoms with E-state index in [4.69, 9.17) is 14.5 Å². The molecule has 13 nitrogen and oxygen atoms in total. The predicted molar refractivity (Wildman–Crippen MR) is 195 cm³/mol. The topological polar surface area (TPSA) is 145 Å². The van der Waals surface area contributed by atoms with Crippen LogP contribution in [0.2, 0.25) is 0 Å². The van der Waals surface area contributed by atoms with Gasteiger partial charge in [-0.1, -0.05) is 32.1 Å². The summed E-state index contributed by atoms with van der Waals surface area (Å²) in [6.45, 7) is 10.2. The molecule has 264 valence electrons. The molecular weight excluding hydrogens is 679 g/mol. The van der Waals surface area contributed by atoms with Crippen LogP contribution in [0.3, 0.4) is 0 Å². The Morgan fingerprint density at radius 3 is 2.42 bits per heavy atom. The number of hydrogen-bond donors (Lipinski definition) is 1. The smallest absolute Gasteiger partial charge is 0.280 e. The van der Waals surface area contributed by atoms with Crippen LogP contribution in [0.5, 0.6) is 11.5 Å². The van der Waals surface area contributed by atoms with Crippen LogP contribution in [-0.2, 0) is 30.0 Å². The Balaban J connectivity index is 1.35. The van der Waals surface area contributed by atoms with Gasteiger partial charge >= 0.3 is 0 Å². The number of rotatable bonds is 12. The average molecular weight is 720 g/mol. The number of nitrogens with one attached hydrogen (secondary N) is 1. The highest BCUT2D eigenvalue weighted by Gasteiger charge is 2.31. The van der Waals surface area contributed by atoms with E-state index in [9.17, 15) is 18.0 Å². The van der Waals surface area contributed by atoms with Gasteiger partial charge in [0.05, 0.1) is 28.0 Å². The van der Waals surface area contributed by atoms with Gasteiger partial charge in [-0.3, -0.25) is 18.8 Å². The minimum Gasteiger partial charge on any atom is -0.492 e. The Hall–Kier alpha value is -4.57. The molecule has 50 heavy (non-hydrogen) atoms. The molecule has 0 radical (unpaired) electrons. The molecule has 5 aromatic rings. The number of aryl methyl sites for hydroxylation is 2. The fourth-order valence-corrected chi connectivity index (χ4v) is 8.28. The van der Waals surface area contributed by atoms with Crippen molar-refractivity contribution in [1.82, 2.24) is 33.5 Å². The second-order valence-corrected chi connectivity index (χ2v) is 15.2. The maximum absolute atomic E-state index is 14.2. The molecule has 1 aliphatic rings. The van der Waals surface area contributed by atoms with Gasteiger partial charge in [0.25, 0.3) is 11.1 Å². The summed E-state index contributed by atoms with van der Waals surface area (Å²) in [5.41, 5.74) is 2.52. The van der Waals surface area contributed by atoms with Crippen molar-refractivity contribution in [2.75, 3.05) is 46.4 Å². The standard InChI is InChI=1S/C35H41N7O6S2/c1-6-8-27-31-32(40(5)38-27)35(44)42(19-20-48-26-12-9-24(10-13-26)21-29-34(43)36-23(3)49-29)33(37-31)25-11-14-30(28(22-25)47-7-2)50(45,46)41-17-15-39(4)16-18-41/h9-14,21-22H,3,6-8,15-20H2,1-2,4-5H3,(H,36,43)/b29-21+. The number of piperazine rings is 1. The quantitative estimate of drug-likeness (QED) is 0.205. The van der Waals surface area contributed by atoms with Gasteiger partial charge in [0, 0.05) is 38.8 Å². The molecule has 0 aliphatic carbocycles. The van der Waals surface area contributed by atoms with Gasteiger partial charge in [0.1, 0.15) is 34.3 Å². The van der Waals surface area contributed by atoms with Crippen LogP contribution >= 0.6 is 11.3 Å². The van der Waals surface area contributed by atoms with E-state index in [1.54, 1.807) is 59.6 Å². The molecule has 0 atom stereocenters. The number of fused-ring (bicyclic) bond motifs is 1. The molecule has 0 spiro atoms. The maximum atomic E-state index is 14.2. The molecule has 1 saturated heterocycles. The Morgan fingerprint density at radius 2 is 1.76 bits per heavy atom. The van der Waals surface area contributed by atoms with E-state index in [-0.39, 0.29) is 41.5 Å². The number of benzene rings is 2. The molecule has 0 unspecified atom stereocenters. The second-order valence-electron chi connectivity index (χ2n) is 12.1. The molecule has 0 amide bonds. The van der Waals surface area contributed by atoms with Gasteiger partial charge in [0.15, 0.2) is 5.52 Å². The van der Waals surface area contributed by atoms with E-state index in [2.05, 4.69) is 21.6 Å². The third-order valence-corrected chi connectivity index (χ3v) is 11.4. The zero-order valence-electron chi connectivity index (χ0n) is 28.6. The fourth-order valence-electron chi connectivity index (χ4n) is 6.00. The van der Waals surface area contributed by atoms with Crippen molar-refractivity contribution < 1.29 is 17.9 Å². The van der Waals surface area contributed by atoms with E-state index in [0.717, 1.165) is 17.7 Å². The first-order valence-electron chi connectivity index (χ1n) is 16.5. The third-order valence-electron chi connectivity index (χ3n) is 8.55. The Bertz CT molecular complexity index is 2350. The summed E-state index contributed by atoms with van der Waals surface area (Å²) in [4.78, 5) is 36.0. The Morgan fingerprint density at radius 1 is 1.02 bits per heavy atom. The Kier molecular flexibility index (Phi) is 10.4. The van der Waals surface area contributed by atoms with E-state index >= 15 is 0 Å². The third kappa shape index (κ3) is 7.17. The summed E-state index contributed by atoms with van der Waals surface area (Å²) in [6, 6.07) is 12.2. The maximum Gasteiger partial charge on any atom is 0.280 e. The number of thiazole rings is 1. The first-order chi connectivity index (χ1) is 24.0. The lowest BCUT2D eigenvalue weighted by molar-refractivity contribution is 0.222. The van der Waals surface area contributed by atoms with Crippen LogP contribution in [0, 0.1) is 0 Å². The SMILES string of the molecule is C=c1[nH]c(=O)/c(=C\c2ccc(OCCn3c(-c4ccc(S(=O)(=O)N5CCN(C)CC5)c(OCC)c4)nc4c(CCC)nn(C)c4c3=O)cc2)s1. The van der Waals surface area contributed by atoms with Crippen molar-refractivity contribution >= 4 is 45.0 Å². The molecule has 1 N–H and O–H groups in total. The van der Waals surface area contributed by atoms with Crippen LogP contribution in [0.4, 0.5) is 0 Å². The number of nitrogens with zero attached hydrogens (tertiary/aromatic N) is 6. The van der Waals surface area contributed by atoms with Gasteiger partial charge in [0.2, 0.25) is 10.0 Å². The van der Waals surface area contributed by atoms with Gasteiger partial charge < -0.3 is 19.4 Å². The monoisotopic (exact) mass is 719 g/mol. The number of sulfonamides is 1. The molecule has 6 rings (SSSR count). The highest BCUT2D eigenvalue weighted by Crippen LogP contribution is 2.33. The van der Waals surface area contributed by atoms with Crippen molar-refractivity contribution in [2.45, 2.75) is 38.1 Å². The van der Waals surface area contributed by atoms with Crippen molar-refractivity contribution in [3.63, 3.8) is 0 Å². The molecule has 2 aromatic carbocycles. The van der Waals surface area contributed by atoms with E-state index < -0.39 is 10.0 Å². The molecular formula is C35H41N7O6S2. The summed E-state index contributed by atoms with van der Waals surface area (Å²) in [5.74, 6) is 1.15. The van der Waals surface area contributed by atoms with Crippen molar-refractivity contribution in [3.8, 4) is 22.9 Å². The molecule has 0 bridgehead atoms. The zero-order valence-corrected chi connectivity index (χ0v) is 30.3. The van der Waals surface area contributed by atoms with Gasteiger partial charge in [-0.2, -0.15) is 9.40 Å². The molecule has 1 fully saturated rings. The van der Waals surface area contributed by atoms with Crippen LogP contribution in [-0.4, -0.2) is 88.4 Å². The predicted octanol–water partition coefficient (Wildman–Crippen LogP) is 2.15. The van der Waals surface area contributed by atoms with Gasteiger partial charge in [-0.15, -0.1) is 11.3 Å². The van der Waals surface area contributed by atoms with Gasteiger partial charge in [-0.05, 0) is 62.4 Å². The summed E-state index contributed by atoms with van der Waals surface area (Å²) >= 11 is 1.29. The molecule has 1 aliphatic heterocycles. The lowest BCUT2D eigenvalue weighted by atomic mass is 10.1. The highest BCUT2D eigenvalue weighted by atomic mass is 32.2. The summed E-state index contributed by atoms with van der Waals surface area (Å²) < 4.78 is 45.3. The minimum absolute atomic E-state index is 0.0789. The summed E-state index contributed by atoms with van der Waals surface area (Å²) in [6.07, 6.45) is 3.26. The molecule has 3 aromatic heterocycles. The van der Waals surface area contributed by atoms with Crippen molar-refractivity contribution in [3.05, 3.63) is 83.6 Å².